The third-order valence-electron chi connectivity index (χ3n) is 3.00. The molecule has 0 unspecified atom stereocenters. The zero-order valence-electron chi connectivity index (χ0n) is 10.4. The van der Waals surface area contributed by atoms with Crippen molar-refractivity contribution in [1.29, 1.82) is 0 Å². The van der Waals surface area contributed by atoms with Crippen molar-refractivity contribution in [3.8, 4) is 0 Å². The third kappa shape index (κ3) is 2.79. The van der Waals surface area contributed by atoms with E-state index >= 15 is 0 Å². The predicted octanol–water partition coefficient (Wildman–Crippen LogP) is -0.375. The second-order valence-electron chi connectivity index (χ2n) is 4.33. The van der Waals surface area contributed by atoms with Crippen molar-refractivity contribution in [3.63, 3.8) is 0 Å². The lowest BCUT2D eigenvalue weighted by atomic mass is 10.2. The van der Waals surface area contributed by atoms with Crippen LogP contribution in [0.25, 0.3) is 0 Å². The van der Waals surface area contributed by atoms with Gasteiger partial charge in [0.1, 0.15) is 5.56 Å². The van der Waals surface area contributed by atoms with Crippen molar-refractivity contribution in [2.45, 2.75) is 0 Å². The maximum atomic E-state index is 11.0. The molecule has 0 amide bonds. The Kier molecular flexibility index (Phi) is 3.61. The summed E-state index contributed by atoms with van der Waals surface area (Å²) in [6.07, 6.45) is 1.05. The summed E-state index contributed by atoms with van der Waals surface area (Å²) >= 11 is 0. The Morgan fingerprint density at radius 3 is 2.32 bits per heavy atom. The standard InChI is InChI=1S/C11H14N4O4/c1-14-2-4-15(5-3-14)11-12-6-7(9(16)17)8(13-11)10(18)19/h6H,2-5H2,1H3,(H,16,17)(H,18,19). The largest absolute Gasteiger partial charge is 0.478 e. The highest BCUT2D eigenvalue weighted by molar-refractivity contribution is 6.00. The molecule has 8 heteroatoms. The average molecular weight is 266 g/mol. The molecule has 1 fully saturated rings. The van der Waals surface area contributed by atoms with Gasteiger partial charge in [0, 0.05) is 32.4 Å². The molecule has 8 nitrogen and oxygen atoms in total. The molecule has 0 spiro atoms. The van der Waals surface area contributed by atoms with Crippen molar-refractivity contribution in [1.82, 2.24) is 14.9 Å². The Bertz CT molecular complexity index is 511. The molecule has 0 aromatic carbocycles. The van der Waals surface area contributed by atoms with Gasteiger partial charge in [-0.15, -0.1) is 0 Å². The molecule has 1 aromatic heterocycles. The molecule has 2 N–H and O–H groups in total. The van der Waals surface area contributed by atoms with E-state index in [2.05, 4.69) is 14.9 Å². The number of anilines is 1. The van der Waals surface area contributed by atoms with E-state index in [1.807, 2.05) is 11.9 Å². The van der Waals surface area contributed by atoms with Crippen molar-refractivity contribution in [2.24, 2.45) is 0 Å². The van der Waals surface area contributed by atoms with Crippen LogP contribution >= 0.6 is 0 Å². The van der Waals surface area contributed by atoms with Gasteiger partial charge in [-0.05, 0) is 7.05 Å². The van der Waals surface area contributed by atoms with Gasteiger partial charge in [0.05, 0.1) is 0 Å². The molecular weight excluding hydrogens is 252 g/mol. The highest BCUT2D eigenvalue weighted by Gasteiger charge is 2.22. The van der Waals surface area contributed by atoms with Gasteiger partial charge in [0.2, 0.25) is 5.95 Å². The summed E-state index contributed by atoms with van der Waals surface area (Å²) in [5.74, 6) is -2.45. The summed E-state index contributed by atoms with van der Waals surface area (Å²) in [5, 5.41) is 17.9. The number of aromatic carboxylic acids is 2. The lowest BCUT2D eigenvalue weighted by Gasteiger charge is -2.32. The second kappa shape index (κ2) is 5.19. The molecule has 0 radical (unpaired) electrons. The van der Waals surface area contributed by atoms with Crippen LogP contribution < -0.4 is 4.90 Å². The Morgan fingerprint density at radius 1 is 1.16 bits per heavy atom. The monoisotopic (exact) mass is 266 g/mol. The number of hydrogen-bond donors (Lipinski definition) is 2. The number of rotatable bonds is 3. The molecule has 0 saturated carbocycles. The number of carbonyl (C=O) groups is 2. The Labute approximate surface area is 109 Å². The van der Waals surface area contributed by atoms with E-state index in [0.717, 1.165) is 19.3 Å². The fourth-order valence-corrected chi connectivity index (χ4v) is 1.85. The fourth-order valence-electron chi connectivity index (χ4n) is 1.85. The average Bonchev–Trinajstić information content (AvgIpc) is 2.38. The minimum atomic E-state index is -1.37. The molecule has 0 aliphatic carbocycles. The Morgan fingerprint density at radius 2 is 1.79 bits per heavy atom. The van der Waals surface area contributed by atoms with Gasteiger partial charge < -0.3 is 20.0 Å². The van der Waals surface area contributed by atoms with Crippen LogP contribution in [-0.2, 0) is 0 Å². The molecule has 1 aromatic rings. The first-order valence-corrected chi connectivity index (χ1v) is 5.76. The van der Waals surface area contributed by atoms with Crippen LogP contribution in [0.4, 0.5) is 5.95 Å². The molecule has 1 saturated heterocycles. The van der Waals surface area contributed by atoms with Crippen molar-refractivity contribution >= 4 is 17.9 Å². The molecule has 2 heterocycles. The number of piperazine rings is 1. The minimum Gasteiger partial charge on any atom is -0.478 e. The van der Waals surface area contributed by atoms with Crippen LogP contribution in [0.1, 0.15) is 20.8 Å². The van der Waals surface area contributed by atoms with Crippen molar-refractivity contribution < 1.29 is 19.8 Å². The van der Waals surface area contributed by atoms with Gasteiger partial charge in [-0.25, -0.2) is 19.6 Å². The molecule has 1 aliphatic rings. The normalized spacial score (nSPS) is 16.4. The summed E-state index contributed by atoms with van der Waals surface area (Å²) < 4.78 is 0. The zero-order chi connectivity index (χ0) is 14.0. The zero-order valence-corrected chi connectivity index (χ0v) is 10.4. The van der Waals surface area contributed by atoms with Crippen LogP contribution in [0, 0.1) is 0 Å². The Hall–Kier alpha value is -2.22. The van der Waals surface area contributed by atoms with Gasteiger partial charge in [0.25, 0.3) is 0 Å². The highest BCUT2D eigenvalue weighted by atomic mass is 16.4. The van der Waals surface area contributed by atoms with E-state index < -0.39 is 23.2 Å². The number of nitrogens with zero attached hydrogens (tertiary/aromatic N) is 4. The van der Waals surface area contributed by atoms with Crippen molar-refractivity contribution in [3.05, 3.63) is 17.5 Å². The summed E-state index contributed by atoms with van der Waals surface area (Å²) in [7, 11) is 1.99. The molecule has 2 rings (SSSR count). The number of aromatic nitrogens is 2. The summed E-state index contributed by atoms with van der Waals surface area (Å²) in [5.41, 5.74) is -0.873. The number of hydrogen-bond acceptors (Lipinski definition) is 6. The van der Waals surface area contributed by atoms with E-state index in [9.17, 15) is 9.59 Å². The molecule has 0 atom stereocenters. The first-order chi connectivity index (χ1) is 8.99. The van der Waals surface area contributed by atoms with E-state index in [1.165, 1.54) is 0 Å². The highest BCUT2D eigenvalue weighted by Crippen LogP contribution is 2.14. The van der Waals surface area contributed by atoms with Crippen LogP contribution in [0.2, 0.25) is 0 Å². The molecule has 1 aliphatic heterocycles. The van der Waals surface area contributed by atoms with E-state index in [1.54, 1.807) is 0 Å². The summed E-state index contributed by atoms with van der Waals surface area (Å²) in [6, 6.07) is 0. The van der Waals surface area contributed by atoms with Gasteiger partial charge >= 0.3 is 11.9 Å². The Balaban J connectivity index is 2.30. The van der Waals surface area contributed by atoms with Crippen LogP contribution in [0.3, 0.4) is 0 Å². The van der Waals surface area contributed by atoms with E-state index in [4.69, 9.17) is 10.2 Å². The lowest BCUT2D eigenvalue weighted by molar-refractivity contribution is 0.0645. The number of likely N-dealkylation sites (N-methyl/N-ethyl adjacent to an activating group) is 1. The van der Waals surface area contributed by atoms with Gasteiger partial charge in [-0.2, -0.15) is 0 Å². The van der Waals surface area contributed by atoms with Gasteiger partial charge in [-0.3, -0.25) is 0 Å². The maximum Gasteiger partial charge on any atom is 0.355 e. The molecule has 0 bridgehead atoms. The summed E-state index contributed by atoms with van der Waals surface area (Å²) in [4.78, 5) is 33.7. The van der Waals surface area contributed by atoms with E-state index in [0.29, 0.717) is 13.1 Å². The second-order valence-corrected chi connectivity index (χ2v) is 4.33. The van der Waals surface area contributed by atoms with Crippen LogP contribution in [-0.4, -0.2) is 70.2 Å². The quantitative estimate of drug-likeness (QED) is 0.762. The number of carboxylic acids is 2. The predicted molar refractivity (Wildman–Crippen MR) is 65.7 cm³/mol. The fraction of sp³-hybridized carbons (Fsp3) is 0.455. The minimum absolute atomic E-state index is 0.260. The topological polar surface area (TPSA) is 107 Å². The lowest BCUT2D eigenvalue weighted by Crippen LogP contribution is -2.45. The van der Waals surface area contributed by atoms with Crippen LogP contribution in [0.5, 0.6) is 0 Å². The molecular formula is C11H14N4O4. The first kappa shape index (κ1) is 13.2. The number of carboxylic acid groups (broad SMARTS) is 2. The van der Waals surface area contributed by atoms with Gasteiger partial charge in [0.15, 0.2) is 5.69 Å². The van der Waals surface area contributed by atoms with Crippen LogP contribution in [0.15, 0.2) is 6.20 Å². The molecule has 19 heavy (non-hydrogen) atoms. The third-order valence-corrected chi connectivity index (χ3v) is 3.00. The maximum absolute atomic E-state index is 11.0. The van der Waals surface area contributed by atoms with E-state index in [-0.39, 0.29) is 5.95 Å². The smallest absolute Gasteiger partial charge is 0.355 e. The van der Waals surface area contributed by atoms with Crippen molar-refractivity contribution in [2.75, 3.05) is 38.1 Å². The SMILES string of the molecule is CN1CCN(c2ncc(C(=O)O)c(C(=O)O)n2)CC1. The first-order valence-electron chi connectivity index (χ1n) is 5.76. The molecule has 102 valence electrons. The summed E-state index contributed by atoms with van der Waals surface area (Å²) in [6.45, 7) is 3.02. The van der Waals surface area contributed by atoms with Gasteiger partial charge in [-0.1, -0.05) is 0 Å².